The van der Waals surface area contributed by atoms with Gasteiger partial charge < -0.3 is 20.4 Å². The molecule has 4 atom stereocenters. The second-order valence-electron chi connectivity index (χ2n) is 8.78. The molecule has 0 aliphatic carbocycles. The van der Waals surface area contributed by atoms with E-state index in [4.69, 9.17) is 0 Å². The van der Waals surface area contributed by atoms with Crippen LogP contribution in [0.5, 0.6) is 0 Å². The summed E-state index contributed by atoms with van der Waals surface area (Å²) < 4.78 is 13.3. The number of nitrogens with one attached hydrogen (secondary N) is 1. The number of hydrogen-bond donors (Lipinski definition) is 3. The van der Waals surface area contributed by atoms with Crippen molar-refractivity contribution in [1.29, 1.82) is 0 Å². The Labute approximate surface area is 202 Å². The average Bonchev–Trinajstić information content (AvgIpc) is 3.52. The van der Waals surface area contributed by atoms with Crippen LogP contribution >= 0.6 is 11.8 Å². The third-order valence-electron chi connectivity index (χ3n) is 6.31. The van der Waals surface area contributed by atoms with Gasteiger partial charge in [-0.1, -0.05) is 48.0 Å². The summed E-state index contributed by atoms with van der Waals surface area (Å²) in [5, 5.41) is 25.7. The van der Waals surface area contributed by atoms with Gasteiger partial charge in [0, 0.05) is 18.3 Å². The zero-order valence-electron chi connectivity index (χ0n) is 18.8. The molecular formula is C26H29FN2O4S. The van der Waals surface area contributed by atoms with Crippen LogP contribution in [0.1, 0.15) is 36.4 Å². The van der Waals surface area contributed by atoms with Crippen molar-refractivity contribution in [2.75, 3.05) is 13.1 Å². The van der Waals surface area contributed by atoms with E-state index in [9.17, 15) is 24.2 Å². The first-order valence-corrected chi connectivity index (χ1v) is 12.4. The standard InChI is InChI=1S/C26H29FN2O4S/c27-20-10-8-19(9-11-20)22-7-4-12-29(22)26(33)24(31)23(30)25(32)28-15-21-14-18(16-34-21)13-17-5-2-1-3-6-17/h1-3,5-6,8-11,16,21-24,30-31H,4,7,12-15H2,(H,28,32)/t21?,22?,23-,24-/m1/s1. The zero-order chi connectivity index (χ0) is 24.1. The molecule has 2 aromatic carbocycles. The van der Waals surface area contributed by atoms with E-state index in [0.29, 0.717) is 19.5 Å². The molecule has 180 valence electrons. The maximum Gasteiger partial charge on any atom is 0.255 e. The van der Waals surface area contributed by atoms with Crippen LogP contribution in [0.4, 0.5) is 4.39 Å². The van der Waals surface area contributed by atoms with E-state index in [0.717, 1.165) is 24.8 Å². The number of nitrogens with zero attached hydrogens (tertiary/aromatic N) is 1. The highest BCUT2D eigenvalue weighted by molar-refractivity contribution is 8.03. The van der Waals surface area contributed by atoms with Crippen molar-refractivity contribution in [1.82, 2.24) is 10.2 Å². The zero-order valence-corrected chi connectivity index (χ0v) is 19.6. The second-order valence-corrected chi connectivity index (χ2v) is 9.95. The minimum atomic E-state index is -1.86. The third kappa shape index (κ3) is 5.87. The third-order valence-corrected chi connectivity index (χ3v) is 7.49. The summed E-state index contributed by atoms with van der Waals surface area (Å²) in [6.45, 7) is 0.735. The van der Waals surface area contributed by atoms with Crippen molar-refractivity contribution in [2.45, 2.75) is 49.2 Å². The Morgan fingerprint density at radius 1 is 1.09 bits per heavy atom. The van der Waals surface area contributed by atoms with E-state index in [-0.39, 0.29) is 17.1 Å². The number of carbonyl (C=O) groups excluding carboxylic acids is 2. The Hall–Kier alpha value is -2.68. The predicted molar refractivity (Wildman–Crippen MR) is 129 cm³/mol. The molecule has 2 amide bonds. The number of likely N-dealkylation sites (tertiary alicyclic amines) is 1. The van der Waals surface area contributed by atoms with Crippen LogP contribution in [0.15, 0.2) is 65.6 Å². The van der Waals surface area contributed by atoms with Gasteiger partial charge in [-0.3, -0.25) is 9.59 Å². The van der Waals surface area contributed by atoms with Crippen LogP contribution in [0.25, 0.3) is 0 Å². The number of hydrogen-bond acceptors (Lipinski definition) is 5. The lowest BCUT2D eigenvalue weighted by molar-refractivity contribution is -0.153. The molecule has 0 radical (unpaired) electrons. The molecule has 8 heteroatoms. The van der Waals surface area contributed by atoms with Gasteiger partial charge in [0.2, 0.25) is 0 Å². The molecule has 2 aliphatic heterocycles. The minimum absolute atomic E-state index is 0.143. The lowest BCUT2D eigenvalue weighted by atomic mass is 10.0. The van der Waals surface area contributed by atoms with Crippen molar-refractivity contribution in [3.05, 3.63) is 82.5 Å². The molecule has 2 heterocycles. The highest BCUT2D eigenvalue weighted by atomic mass is 32.2. The number of thioether (sulfide) groups is 1. The molecule has 2 aliphatic rings. The van der Waals surface area contributed by atoms with Gasteiger partial charge in [0.05, 0.1) is 6.04 Å². The summed E-state index contributed by atoms with van der Waals surface area (Å²) in [6, 6.07) is 15.7. The van der Waals surface area contributed by atoms with Crippen LogP contribution in [0, 0.1) is 5.82 Å². The molecule has 0 bridgehead atoms. The van der Waals surface area contributed by atoms with E-state index in [1.165, 1.54) is 28.2 Å². The summed E-state index contributed by atoms with van der Waals surface area (Å²) in [6.07, 6.45) is -0.637. The lowest BCUT2D eigenvalue weighted by Crippen LogP contribution is -2.51. The highest BCUT2D eigenvalue weighted by Gasteiger charge is 2.38. The van der Waals surface area contributed by atoms with Crippen molar-refractivity contribution < 1.29 is 24.2 Å². The van der Waals surface area contributed by atoms with Crippen LogP contribution in [-0.4, -0.2) is 57.5 Å². The number of aliphatic hydroxyl groups is 2. The summed E-state index contributed by atoms with van der Waals surface area (Å²) in [7, 11) is 0. The Morgan fingerprint density at radius 3 is 2.56 bits per heavy atom. The number of amides is 2. The molecule has 3 N–H and O–H groups in total. The number of halogens is 1. The molecular weight excluding hydrogens is 455 g/mol. The monoisotopic (exact) mass is 484 g/mol. The van der Waals surface area contributed by atoms with Crippen LogP contribution < -0.4 is 5.32 Å². The van der Waals surface area contributed by atoms with Crippen LogP contribution in [0.3, 0.4) is 0 Å². The van der Waals surface area contributed by atoms with E-state index in [1.807, 2.05) is 18.2 Å². The number of rotatable bonds is 8. The van der Waals surface area contributed by atoms with Gasteiger partial charge in [-0.2, -0.15) is 0 Å². The number of carbonyl (C=O) groups is 2. The van der Waals surface area contributed by atoms with Gasteiger partial charge in [0.1, 0.15) is 5.82 Å². The molecule has 6 nitrogen and oxygen atoms in total. The van der Waals surface area contributed by atoms with Crippen molar-refractivity contribution in [3.8, 4) is 0 Å². The Bertz CT molecular complexity index is 1030. The molecule has 0 spiro atoms. The fraction of sp³-hybridized carbons (Fsp3) is 0.385. The molecule has 34 heavy (non-hydrogen) atoms. The fourth-order valence-corrected chi connectivity index (χ4v) is 5.56. The van der Waals surface area contributed by atoms with E-state index < -0.39 is 24.0 Å². The first-order valence-electron chi connectivity index (χ1n) is 11.5. The average molecular weight is 485 g/mol. The summed E-state index contributed by atoms with van der Waals surface area (Å²) in [5.41, 5.74) is 3.28. The second kappa shape index (κ2) is 11.2. The normalized spacial score (nSPS) is 21.7. The smallest absolute Gasteiger partial charge is 0.255 e. The molecule has 1 saturated heterocycles. The van der Waals surface area contributed by atoms with E-state index >= 15 is 0 Å². The first-order chi connectivity index (χ1) is 16.4. The van der Waals surface area contributed by atoms with Crippen LogP contribution in [0.2, 0.25) is 0 Å². The predicted octanol–water partition coefficient (Wildman–Crippen LogP) is 2.96. The Morgan fingerprint density at radius 2 is 1.82 bits per heavy atom. The first kappa shape index (κ1) is 24.4. The van der Waals surface area contributed by atoms with Crippen molar-refractivity contribution >= 4 is 23.6 Å². The SMILES string of the molecule is O=C(NCC1CC(Cc2ccccc2)=CS1)[C@H](O)[C@@H](O)C(=O)N1CCCC1c1ccc(F)cc1. The number of benzene rings is 2. The lowest BCUT2D eigenvalue weighted by Gasteiger charge is -2.28. The van der Waals surface area contributed by atoms with Gasteiger partial charge >= 0.3 is 0 Å². The topological polar surface area (TPSA) is 89.9 Å². The van der Waals surface area contributed by atoms with E-state index in [2.05, 4.69) is 22.9 Å². The van der Waals surface area contributed by atoms with Gasteiger partial charge in [-0.15, -0.1) is 11.8 Å². The molecule has 0 aromatic heterocycles. The van der Waals surface area contributed by atoms with Crippen molar-refractivity contribution in [3.63, 3.8) is 0 Å². The highest BCUT2D eigenvalue weighted by Crippen LogP contribution is 2.33. The minimum Gasteiger partial charge on any atom is -0.380 e. The molecule has 4 rings (SSSR count). The molecule has 1 fully saturated rings. The molecule has 0 saturated carbocycles. The summed E-state index contributed by atoms with van der Waals surface area (Å²) in [5.74, 6) is -1.83. The largest absolute Gasteiger partial charge is 0.380 e. The van der Waals surface area contributed by atoms with E-state index in [1.54, 1.807) is 23.9 Å². The van der Waals surface area contributed by atoms with Gasteiger partial charge in [-0.25, -0.2) is 4.39 Å². The van der Waals surface area contributed by atoms with Gasteiger partial charge in [0.25, 0.3) is 11.8 Å². The number of allylic oxidation sites excluding steroid dienone is 1. The molecule has 2 unspecified atom stereocenters. The van der Waals surface area contributed by atoms with Crippen LogP contribution in [-0.2, 0) is 16.0 Å². The van der Waals surface area contributed by atoms with Gasteiger partial charge in [-0.05, 0) is 54.4 Å². The Balaban J connectivity index is 1.26. The quantitative estimate of drug-likeness (QED) is 0.536. The van der Waals surface area contributed by atoms with Crippen molar-refractivity contribution in [2.24, 2.45) is 0 Å². The molecule has 2 aromatic rings. The maximum absolute atomic E-state index is 13.3. The van der Waals surface area contributed by atoms with Gasteiger partial charge in [0.15, 0.2) is 12.2 Å². The Kier molecular flexibility index (Phi) is 8.03. The summed E-state index contributed by atoms with van der Waals surface area (Å²) in [4.78, 5) is 26.8. The number of aliphatic hydroxyl groups excluding tert-OH is 2. The fourth-order valence-electron chi connectivity index (χ4n) is 4.50. The maximum atomic E-state index is 13.3. The summed E-state index contributed by atoms with van der Waals surface area (Å²) >= 11 is 1.63.